The van der Waals surface area contributed by atoms with Gasteiger partial charge in [0.05, 0.1) is 5.69 Å². The Morgan fingerprint density at radius 3 is 2.73 bits per heavy atom. The van der Waals surface area contributed by atoms with Crippen molar-refractivity contribution in [3.05, 3.63) is 53.7 Å². The summed E-state index contributed by atoms with van der Waals surface area (Å²) in [6.07, 6.45) is 1.43. The smallest absolute Gasteiger partial charge is 0.371 e. The average Bonchev–Trinajstić information content (AvgIpc) is 2.98. The molecule has 0 aliphatic carbocycles. The zero-order valence-corrected chi connectivity index (χ0v) is 12.2. The first-order valence-corrected chi connectivity index (χ1v) is 6.71. The zero-order chi connectivity index (χ0) is 16.1. The van der Waals surface area contributed by atoms with Crippen LogP contribution in [0.4, 0.5) is 14.9 Å². The van der Waals surface area contributed by atoms with Crippen molar-refractivity contribution in [3.8, 4) is 0 Å². The largest absolute Gasteiger partial charge is 0.475 e. The van der Waals surface area contributed by atoms with Gasteiger partial charge in [-0.3, -0.25) is 0 Å². The van der Waals surface area contributed by atoms with Gasteiger partial charge in [-0.1, -0.05) is 31.0 Å². The van der Waals surface area contributed by atoms with Crippen molar-refractivity contribution in [3.63, 3.8) is 0 Å². The van der Waals surface area contributed by atoms with Crippen LogP contribution in [0.15, 0.2) is 41.0 Å². The molecule has 2 rings (SSSR count). The number of aromatic carboxylic acids is 1. The quantitative estimate of drug-likeness (QED) is 0.739. The molecule has 8 heteroatoms. The maximum atomic E-state index is 13.4. The minimum absolute atomic E-state index is 0.184. The summed E-state index contributed by atoms with van der Waals surface area (Å²) >= 11 is 3.97. The lowest BCUT2D eigenvalue weighted by Gasteiger charge is -2.14. The molecule has 22 heavy (non-hydrogen) atoms. The molecule has 0 radical (unpaired) electrons. The van der Waals surface area contributed by atoms with Crippen LogP contribution in [0.5, 0.6) is 0 Å². The number of carboxylic acid groups (broad SMARTS) is 1. The van der Waals surface area contributed by atoms with Crippen molar-refractivity contribution in [2.75, 3.05) is 10.8 Å². The fourth-order valence-electron chi connectivity index (χ4n) is 1.75. The van der Waals surface area contributed by atoms with Crippen LogP contribution in [-0.4, -0.2) is 23.7 Å². The highest BCUT2D eigenvalue weighted by molar-refractivity contribution is 7.82. The van der Waals surface area contributed by atoms with Crippen LogP contribution < -0.4 is 9.62 Å². The molecule has 1 aromatic heterocycles. The summed E-state index contributed by atoms with van der Waals surface area (Å²) in [6, 6.07) is 6.88. The Morgan fingerprint density at radius 2 is 2.09 bits per heavy atom. The topological polar surface area (TPSA) is 82.8 Å². The molecule has 1 heterocycles. The molecule has 2 amide bonds. The van der Waals surface area contributed by atoms with Crippen LogP contribution in [0, 0.1) is 5.82 Å². The van der Waals surface area contributed by atoms with Gasteiger partial charge in [0.2, 0.25) is 5.76 Å². The number of hydrogen-bond acceptors (Lipinski definition) is 4. The number of benzene rings is 1. The summed E-state index contributed by atoms with van der Waals surface area (Å²) in [7, 11) is 0. The third kappa shape index (κ3) is 3.79. The van der Waals surface area contributed by atoms with E-state index in [0.29, 0.717) is 12.0 Å². The SMILES string of the molecule is O=C(O)c1cc(N(S)C(=O)NCCc2ccccc2F)co1. The van der Waals surface area contributed by atoms with Crippen molar-refractivity contribution >= 4 is 30.5 Å². The number of furan rings is 1. The second-order valence-electron chi connectivity index (χ2n) is 4.36. The van der Waals surface area contributed by atoms with Crippen molar-refractivity contribution in [2.24, 2.45) is 0 Å². The van der Waals surface area contributed by atoms with Gasteiger partial charge in [-0.2, -0.15) is 0 Å². The number of thiol groups is 1. The molecule has 0 aliphatic heterocycles. The normalized spacial score (nSPS) is 10.3. The van der Waals surface area contributed by atoms with Crippen LogP contribution in [0.25, 0.3) is 0 Å². The minimum atomic E-state index is -1.24. The number of rotatable bonds is 5. The highest BCUT2D eigenvalue weighted by Crippen LogP contribution is 2.20. The van der Waals surface area contributed by atoms with Gasteiger partial charge in [-0.25, -0.2) is 18.3 Å². The van der Waals surface area contributed by atoms with E-state index in [0.717, 1.165) is 10.6 Å². The van der Waals surface area contributed by atoms with Crippen LogP contribution in [-0.2, 0) is 6.42 Å². The van der Waals surface area contributed by atoms with E-state index >= 15 is 0 Å². The predicted octanol–water partition coefficient (Wildman–Crippen LogP) is 2.72. The van der Waals surface area contributed by atoms with Crippen molar-refractivity contribution in [2.45, 2.75) is 6.42 Å². The van der Waals surface area contributed by atoms with Crippen LogP contribution >= 0.6 is 12.8 Å². The number of anilines is 1. The molecule has 0 saturated carbocycles. The third-order valence-corrected chi connectivity index (χ3v) is 3.27. The van der Waals surface area contributed by atoms with E-state index in [2.05, 4.69) is 18.1 Å². The zero-order valence-electron chi connectivity index (χ0n) is 11.3. The van der Waals surface area contributed by atoms with Gasteiger partial charge in [-0.05, 0) is 18.1 Å². The number of carbonyl (C=O) groups excluding carboxylic acids is 1. The van der Waals surface area contributed by atoms with E-state index < -0.39 is 12.0 Å². The van der Waals surface area contributed by atoms with Crippen LogP contribution in [0.1, 0.15) is 16.1 Å². The third-order valence-electron chi connectivity index (χ3n) is 2.86. The molecule has 6 nitrogen and oxygen atoms in total. The van der Waals surface area contributed by atoms with Gasteiger partial charge < -0.3 is 14.8 Å². The number of nitrogens with zero attached hydrogens (tertiary/aromatic N) is 1. The Morgan fingerprint density at radius 1 is 1.36 bits per heavy atom. The highest BCUT2D eigenvalue weighted by atomic mass is 32.1. The lowest BCUT2D eigenvalue weighted by atomic mass is 10.1. The molecule has 0 atom stereocenters. The first-order valence-electron chi connectivity index (χ1n) is 6.31. The van der Waals surface area contributed by atoms with Gasteiger partial charge in [-0.15, -0.1) is 0 Å². The molecule has 1 aromatic carbocycles. The number of urea groups is 1. The van der Waals surface area contributed by atoms with Crippen molar-refractivity contribution in [1.82, 2.24) is 5.32 Å². The molecule has 116 valence electrons. The number of amides is 2. The molecule has 0 aliphatic rings. The van der Waals surface area contributed by atoms with E-state index in [1.807, 2.05) is 0 Å². The standard InChI is InChI=1S/C14H13FN2O4S/c15-11-4-2-1-3-9(11)5-6-16-14(20)17(22)10-7-12(13(18)19)21-8-10/h1-4,7-8,22H,5-6H2,(H,16,20)(H,18,19). The summed E-state index contributed by atoms with van der Waals surface area (Å²) in [5.74, 6) is -1.87. The molecule has 0 spiro atoms. The molecule has 0 bridgehead atoms. The van der Waals surface area contributed by atoms with Crippen molar-refractivity contribution in [1.29, 1.82) is 0 Å². The molecular formula is C14H13FN2O4S. The number of nitrogens with one attached hydrogen (secondary N) is 1. The van der Waals surface area contributed by atoms with Crippen molar-refractivity contribution < 1.29 is 23.5 Å². The Bertz CT molecular complexity index is 689. The maximum absolute atomic E-state index is 13.4. The lowest BCUT2D eigenvalue weighted by molar-refractivity contribution is 0.0662. The fraction of sp³-hybridized carbons (Fsp3) is 0.143. The van der Waals surface area contributed by atoms with Gasteiger partial charge in [0, 0.05) is 12.6 Å². The number of carbonyl (C=O) groups is 2. The molecular weight excluding hydrogens is 311 g/mol. The molecule has 0 unspecified atom stereocenters. The second-order valence-corrected chi connectivity index (χ2v) is 4.76. The van der Waals surface area contributed by atoms with E-state index in [9.17, 15) is 14.0 Å². The Balaban J connectivity index is 1.88. The fourth-order valence-corrected chi connectivity index (χ4v) is 1.92. The summed E-state index contributed by atoms with van der Waals surface area (Å²) in [4.78, 5) is 22.5. The van der Waals surface area contributed by atoms with Gasteiger partial charge >= 0.3 is 12.0 Å². The van der Waals surface area contributed by atoms with Gasteiger partial charge in [0.25, 0.3) is 0 Å². The number of carboxylic acids is 1. The highest BCUT2D eigenvalue weighted by Gasteiger charge is 2.17. The molecule has 0 saturated heterocycles. The predicted molar refractivity (Wildman–Crippen MR) is 80.6 cm³/mol. The van der Waals surface area contributed by atoms with Gasteiger partial charge in [0.15, 0.2) is 0 Å². The number of hydrogen-bond donors (Lipinski definition) is 3. The first kappa shape index (κ1) is 15.9. The second kappa shape index (κ2) is 6.99. The summed E-state index contributed by atoms with van der Waals surface area (Å²) < 4.78 is 19.1. The monoisotopic (exact) mass is 324 g/mol. The Hall–Kier alpha value is -2.48. The van der Waals surface area contributed by atoms with E-state index in [1.165, 1.54) is 12.1 Å². The molecule has 2 aromatic rings. The van der Waals surface area contributed by atoms with E-state index in [1.54, 1.807) is 18.2 Å². The maximum Gasteiger partial charge on any atom is 0.371 e. The van der Waals surface area contributed by atoms with E-state index in [4.69, 9.17) is 9.52 Å². The first-order chi connectivity index (χ1) is 10.5. The Kier molecular flexibility index (Phi) is 5.05. The molecule has 0 fully saturated rings. The van der Waals surface area contributed by atoms with Crippen LogP contribution in [0.3, 0.4) is 0 Å². The summed E-state index contributed by atoms with van der Waals surface area (Å²) in [5, 5.41) is 11.3. The van der Waals surface area contributed by atoms with Crippen LogP contribution in [0.2, 0.25) is 0 Å². The average molecular weight is 324 g/mol. The lowest BCUT2D eigenvalue weighted by Crippen LogP contribution is -2.35. The molecule has 2 N–H and O–H groups in total. The van der Waals surface area contributed by atoms with Gasteiger partial charge in [0.1, 0.15) is 12.1 Å². The summed E-state index contributed by atoms with van der Waals surface area (Å²) in [5.41, 5.74) is 0.675. The number of halogens is 1. The minimum Gasteiger partial charge on any atom is -0.475 e. The van der Waals surface area contributed by atoms with E-state index in [-0.39, 0.29) is 23.8 Å². The Labute approximate surface area is 131 Å². The summed E-state index contributed by atoms with van der Waals surface area (Å²) in [6.45, 7) is 0.209.